The van der Waals surface area contributed by atoms with E-state index < -0.39 is 10.1 Å². The molecule has 0 amide bonds. The maximum absolute atomic E-state index is 11.9. The Bertz CT molecular complexity index is 2010. The lowest BCUT2D eigenvalue weighted by Gasteiger charge is -2.02. The van der Waals surface area contributed by atoms with Crippen molar-refractivity contribution < 1.29 is 13.0 Å². The second kappa shape index (κ2) is 9.73. The Morgan fingerprint density at radius 3 is 1.62 bits per heavy atom. The topological polar surface area (TPSA) is 105 Å². The van der Waals surface area contributed by atoms with Crippen molar-refractivity contribution in [3.8, 4) is 21.1 Å². The minimum atomic E-state index is -4.36. The van der Waals surface area contributed by atoms with E-state index in [9.17, 15) is 13.0 Å². The molecule has 0 saturated heterocycles. The zero-order chi connectivity index (χ0) is 27.3. The maximum Gasteiger partial charge on any atom is 0.296 e. The van der Waals surface area contributed by atoms with Crippen LogP contribution in [0.25, 0.3) is 41.6 Å². The second-order valence-corrected chi connectivity index (χ2v) is 12.6. The molecule has 0 aliphatic carbocycles. The smallest absolute Gasteiger partial charge is 0.282 e. The van der Waals surface area contributed by atoms with E-state index in [1.54, 1.807) is 30.4 Å². The first-order valence-electron chi connectivity index (χ1n) is 12.0. The van der Waals surface area contributed by atoms with Gasteiger partial charge < -0.3 is 0 Å². The van der Waals surface area contributed by atoms with Crippen molar-refractivity contribution in [1.82, 2.24) is 9.97 Å². The summed E-state index contributed by atoms with van der Waals surface area (Å²) in [5, 5.41) is 10.3. The Balaban J connectivity index is 1.21. The summed E-state index contributed by atoms with van der Waals surface area (Å²) in [5.74, 6) is 0. The number of aryl methyl sites for hydroxylation is 3. The molecule has 7 nitrogen and oxygen atoms in total. The second-order valence-electron chi connectivity index (χ2n) is 9.22. The molecule has 0 fully saturated rings. The molecule has 0 saturated carbocycles. The van der Waals surface area contributed by atoms with E-state index >= 15 is 0 Å². The Hall–Kier alpha value is -3.83. The molecule has 0 bridgehead atoms. The molecule has 39 heavy (non-hydrogen) atoms. The highest BCUT2D eigenvalue weighted by atomic mass is 32.2. The minimum Gasteiger partial charge on any atom is -0.282 e. The van der Waals surface area contributed by atoms with E-state index in [0.717, 1.165) is 27.3 Å². The minimum absolute atomic E-state index is 0.0893. The van der Waals surface area contributed by atoms with Gasteiger partial charge in [-0.3, -0.25) is 4.55 Å². The fourth-order valence-electron chi connectivity index (χ4n) is 4.31. The van der Waals surface area contributed by atoms with Crippen LogP contribution in [0.15, 0.2) is 87.9 Å². The van der Waals surface area contributed by atoms with Crippen LogP contribution in [0.1, 0.15) is 16.7 Å². The van der Waals surface area contributed by atoms with Crippen LogP contribution in [0, 0.1) is 20.8 Å². The van der Waals surface area contributed by atoms with E-state index in [2.05, 4.69) is 41.2 Å². The highest BCUT2D eigenvalue weighted by molar-refractivity contribution is 7.86. The van der Waals surface area contributed by atoms with Crippen LogP contribution in [-0.4, -0.2) is 22.9 Å². The maximum atomic E-state index is 11.9. The molecule has 6 aromatic rings. The van der Waals surface area contributed by atoms with Gasteiger partial charge in [0, 0.05) is 11.1 Å². The average Bonchev–Trinajstić information content (AvgIpc) is 3.54. The first-order chi connectivity index (χ1) is 18.7. The zero-order valence-electron chi connectivity index (χ0n) is 21.2. The quantitative estimate of drug-likeness (QED) is 0.165. The van der Waals surface area contributed by atoms with Crippen molar-refractivity contribution >= 4 is 64.6 Å². The molecular weight excluding hydrogens is 549 g/mol. The van der Waals surface area contributed by atoms with Gasteiger partial charge in [-0.05, 0) is 98.1 Å². The van der Waals surface area contributed by atoms with Gasteiger partial charge in [-0.25, -0.2) is 9.97 Å². The number of aromatic nitrogens is 2. The number of nitrogens with zero attached hydrogens (tertiary/aromatic N) is 4. The van der Waals surface area contributed by atoms with E-state index in [0.29, 0.717) is 26.5 Å². The Morgan fingerprint density at radius 1 is 0.641 bits per heavy atom. The Labute approximate surface area is 233 Å². The highest BCUT2D eigenvalue weighted by Gasteiger charge is 2.20. The summed E-state index contributed by atoms with van der Waals surface area (Å²) in [4.78, 5) is 9.27. The van der Waals surface area contributed by atoms with Crippen LogP contribution in [0.3, 0.4) is 0 Å². The summed E-state index contributed by atoms with van der Waals surface area (Å²) in [6, 6.07) is 22.8. The number of rotatable bonds is 5. The SMILES string of the molecule is Cc1ccc2nc(-c3ccc(N=Nc4ccc(-c5nc6ccc(C)c(S(=O)(=O)O)c6s5)cc4)cc3)sc2c1C. The third-order valence-electron chi connectivity index (χ3n) is 6.55. The lowest BCUT2D eigenvalue weighted by atomic mass is 10.1. The number of benzene rings is 4. The summed E-state index contributed by atoms with van der Waals surface area (Å²) < 4.78 is 35.2. The van der Waals surface area contributed by atoms with Gasteiger partial charge in [0.05, 0.1) is 31.8 Å². The molecule has 0 radical (unpaired) electrons. The van der Waals surface area contributed by atoms with Crippen molar-refractivity contribution in [1.29, 1.82) is 0 Å². The van der Waals surface area contributed by atoms with Crippen molar-refractivity contribution in [2.75, 3.05) is 0 Å². The summed E-state index contributed by atoms with van der Waals surface area (Å²) in [5.41, 5.74) is 7.83. The average molecular weight is 571 g/mol. The summed E-state index contributed by atoms with van der Waals surface area (Å²) in [7, 11) is -4.36. The third-order valence-corrected chi connectivity index (χ3v) is 10.1. The number of thiazole rings is 2. The standard InChI is InChI=1S/C29H22N4O3S3/c1-16-4-14-23-25(18(16)3)37-28(30-23)19-6-10-21(11-7-19)32-33-22-12-8-20(9-13-22)29-31-24-15-5-17(2)27(26(24)38-29)39(34,35)36/h4-15H,1-3H3,(H,34,35,36). The van der Waals surface area contributed by atoms with Crippen molar-refractivity contribution in [3.05, 3.63) is 89.5 Å². The Morgan fingerprint density at radius 2 is 1.10 bits per heavy atom. The van der Waals surface area contributed by atoms with Crippen LogP contribution < -0.4 is 0 Å². The van der Waals surface area contributed by atoms with Crippen LogP contribution in [0.5, 0.6) is 0 Å². The van der Waals surface area contributed by atoms with E-state index in [4.69, 9.17) is 4.98 Å². The molecule has 194 valence electrons. The molecule has 2 heterocycles. The third kappa shape index (κ3) is 4.87. The molecule has 0 spiro atoms. The van der Waals surface area contributed by atoms with Crippen LogP contribution in [-0.2, 0) is 10.1 Å². The van der Waals surface area contributed by atoms with Gasteiger partial charge in [0.2, 0.25) is 0 Å². The normalized spacial score (nSPS) is 12.2. The first-order valence-corrected chi connectivity index (χ1v) is 15.1. The fraction of sp³-hybridized carbons (Fsp3) is 0.103. The van der Waals surface area contributed by atoms with Crippen LogP contribution in [0.2, 0.25) is 0 Å². The van der Waals surface area contributed by atoms with Gasteiger partial charge in [-0.2, -0.15) is 18.6 Å². The molecule has 1 N–H and O–H groups in total. The first kappa shape index (κ1) is 25.4. The van der Waals surface area contributed by atoms with E-state index in [-0.39, 0.29) is 4.90 Å². The zero-order valence-corrected chi connectivity index (χ0v) is 23.7. The van der Waals surface area contributed by atoms with Gasteiger partial charge in [-0.15, -0.1) is 22.7 Å². The van der Waals surface area contributed by atoms with Gasteiger partial charge in [0.15, 0.2) is 0 Å². The molecule has 2 aromatic heterocycles. The molecule has 4 aromatic carbocycles. The summed E-state index contributed by atoms with van der Waals surface area (Å²) >= 11 is 2.93. The fourth-order valence-corrected chi connectivity index (χ4v) is 7.75. The largest absolute Gasteiger partial charge is 0.296 e. The predicted octanol–water partition coefficient (Wildman–Crippen LogP) is 8.83. The van der Waals surface area contributed by atoms with Crippen LogP contribution >= 0.6 is 22.7 Å². The number of azo groups is 1. The predicted molar refractivity (Wildman–Crippen MR) is 158 cm³/mol. The molecule has 6 rings (SSSR count). The van der Waals surface area contributed by atoms with Crippen molar-refractivity contribution in [2.45, 2.75) is 25.7 Å². The number of hydrogen-bond acceptors (Lipinski definition) is 8. The van der Waals surface area contributed by atoms with E-state index in [1.165, 1.54) is 27.2 Å². The van der Waals surface area contributed by atoms with Crippen molar-refractivity contribution in [2.24, 2.45) is 10.2 Å². The summed E-state index contributed by atoms with van der Waals surface area (Å²) in [6.07, 6.45) is 0. The molecular formula is C29H22N4O3S3. The van der Waals surface area contributed by atoms with Gasteiger partial charge in [-0.1, -0.05) is 12.1 Å². The Kier molecular flexibility index (Phi) is 6.35. The monoisotopic (exact) mass is 570 g/mol. The van der Waals surface area contributed by atoms with E-state index in [1.807, 2.05) is 48.5 Å². The number of hydrogen-bond donors (Lipinski definition) is 1. The lowest BCUT2D eigenvalue weighted by molar-refractivity contribution is 0.483. The molecule has 0 aliphatic rings. The summed E-state index contributed by atoms with van der Waals surface area (Å²) in [6.45, 7) is 5.90. The molecule has 10 heteroatoms. The lowest BCUT2D eigenvalue weighted by Crippen LogP contribution is -2.00. The highest BCUT2D eigenvalue weighted by Crippen LogP contribution is 2.37. The number of fused-ring (bicyclic) bond motifs is 2. The van der Waals surface area contributed by atoms with Gasteiger partial charge in [0.1, 0.15) is 14.9 Å². The van der Waals surface area contributed by atoms with Crippen LogP contribution in [0.4, 0.5) is 11.4 Å². The van der Waals surface area contributed by atoms with Gasteiger partial charge in [0.25, 0.3) is 10.1 Å². The molecule has 0 aliphatic heterocycles. The molecule has 0 unspecified atom stereocenters. The molecule has 0 atom stereocenters. The van der Waals surface area contributed by atoms with Gasteiger partial charge >= 0.3 is 0 Å². The van der Waals surface area contributed by atoms with Crippen molar-refractivity contribution in [3.63, 3.8) is 0 Å².